The van der Waals surface area contributed by atoms with Crippen molar-refractivity contribution in [3.05, 3.63) is 0 Å². The van der Waals surface area contributed by atoms with Crippen LogP contribution in [-0.4, -0.2) is 0 Å². The van der Waals surface area contributed by atoms with E-state index in [4.69, 9.17) is 0 Å². The van der Waals surface area contributed by atoms with Crippen molar-refractivity contribution in [3.63, 3.8) is 0 Å². The van der Waals surface area contributed by atoms with Gasteiger partial charge in [0.1, 0.15) is 0 Å². The molecule has 0 radical (unpaired) electrons. The Labute approximate surface area is 82.1 Å². The minimum atomic E-state index is 1.03. The second kappa shape index (κ2) is 2.74. The summed E-state index contributed by atoms with van der Waals surface area (Å²) in [5.74, 6) is 6.83. The molecular formula is C13H22. The Hall–Kier alpha value is 0. The van der Waals surface area contributed by atoms with Gasteiger partial charge in [0, 0.05) is 0 Å². The van der Waals surface area contributed by atoms with Gasteiger partial charge in [0.05, 0.1) is 0 Å². The summed E-state index contributed by atoms with van der Waals surface area (Å²) in [7, 11) is 0. The minimum absolute atomic E-state index is 1.03. The number of hydrogen-bond donors (Lipinski definition) is 0. The average molecular weight is 178 g/mol. The minimum Gasteiger partial charge on any atom is -0.0651 e. The third-order valence-corrected chi connectivity index (χ3v) is 5.57. The molecule has 4 aliphatic rings. The van der Waals surface area contributed by atoms with Gasteiger partial charge in [-0.05, 0) is 54.8 Å². The quantitative estimate of drug-likeness (QED) is 0.574. The predicted molar refractivity (Wildman–Crippen MR) is 55.4 cm³/mol. The fraction of sp³-hybridized carbons (Fsp3) is 1.00. The molecule has 4 saturated carbocycles. The lowest BCUT2D eigenvalue weighted by molar-refractivity contribution is -0.142. The summed E-state index contributed by atoms with van der Waals surface area (Å²) in [6.07, 6.45) is 7.75. The smallest absolute Gasteiger partial charge is 0.0349 e. The van der Waals surface area contributed by atoms with Gasteiger partial charge >= 0.3 is 0 Å². The Balaban J connectivity index is 1.79. The van der Waals surface area contributed by atoms with Gasteiger partial charge in [0.25, 0.3) is 0 Å². The molecule has 0 aliphatic heterocycles. The highest BCUT2D eigenvalue weighted by Crippen LogP contribution is 2.64. The van der Waals surface area contributed by atoms with Gasteiger partial charge in [-0.3, -0.25) is 0 Å². The molecule has 4 aliphatic carbocycles. The standard InChI is InChI=1S/C13H22/c1-3-10-8(2)4-5-9-6-12-11(9)7-13(10)12/h8-13H,3-7H2,1-2H3. The predicted octanol–water partition coefficient (Wildman–Crippen LogP) is 3.71. The van der Waals surface area contributed by atoms with Gasteiger partial charge in [0.2, 0.25) is 0 Å². The van der Waals surface area contributed by atoms with Crippen LogP contribution in [-0.2, 0) is 0 Å². The molecule has 74 valence electrons. The molecule has 0 aromatic heterocycles. The molecule has 0 aromatic rings. The molecule has 0 spiro atoms. The molecule has 6 atom stereocenters. The van der Waals surface area contributed by atoms with Crippen molar-refractivity contribution in [2.75, 3.05) is 0 Å². The fourth-order valence-corrected chi connectivity index (χ4v) is 4.65. The molecule has 0 nitrogen and oxygen atoms in total. The van der Waals surface area contributed by atoms with E-state index >= 15 is 0 Å². The van der Waals surface area contributed by atoms with Crippen LogP contribution < -0.4 is 0 Å². The van der Waals surface area contributed by atoms with Crippen LogP contribution in [0.2, 0.25) is 0 Å². The summed E-state index contributed by atoms with van der Waals surface area (Å²) in [6, 6.07) is 0. The normalized spacial score (nSPS) is 58.6. The zero-order valence-electron chi connectivity index (χ0n) is 9.00. The van der Waals surface area contributed by atoms with Crippen LogP contribution in [0.3, 0.4) is 0 Å². The number of hydrogen-bond acceptors (Lipinski definition) is 0. The Kier molecular flexibility index (Phi) is 1.76. The molecule has 13 heavy (non-hydrogen) atoms. The van der Waals surface area contributed by atoms with Crippen molar-refractivity contribution in [1.82, 2.24) is 0 Å². The van der Waals surface area contributed by atoms with Crippen molar-refractivity contribution in [2.45, 2.75) is 46.0 Å². The molecular weight excluding hydrogens is 156 g/mol. The molecule has 0 saturated heterocycles. The molecule has 4 bridgehead atoms. The maximum absolute atomic E-state index is 2.51. The zero-order chi connectivity index (χ0) is 9.00. The Morgan fingerprint density at radius 1 is 1.00 bits per heavy atom. The molecule has 0 heteroatoms. The first-order valence-electron chi connectivity index (χ1n) is 6.31. The summed E-state index contributed by atoms with van der Waals surface area (Å²) in [6.45, 7) is 4.92. The van der Waals surface area contributed by atoms with E-state index in [0.29, 0.717) is 0 Å². The highest BCUT2D eigenvalue weighted by molar-refractivity contribution is 5.05. The number of rotatable bonds is 1. The lowest BCUT2D eigenvalue weighted by atomic mass is 9.42. The Morgan fingerprint density at radius 2 is 1.85 bits per heavy atom. The van der Waals surface area contributed by atoms with Crippen LogP contribution >= 0.6 is 0 Å². The SMILES string of the molecule is CCC1C(C)CCC2CC3C2CC13. The van der Waals surface area contributed by atoms with Crippen molar-refractivity contribution in [2.24, 2.45) is 35.5 Å². The Morgan fingerprint density at radius 3 is 2.46 bits per heavy atom. The summed E-state index contributed by atoms with van der Waals surface area (Å²) < 4.78 is 0. The topological polar surface area (TPSA) is 0 Å². The van der Waals surface area contributed by atoms with E-state index in [1.807, 2.05) is 0 Å². The molecule has 0 N–H and O–H groups in total. The summed E-state index contributed by atoms with van der Waals surface area (Å²) >= 11 is 0. The second-order valence-corrected chi connectivity index (χ2v) is 5.85. The van der Waals surface area contributed by atoms with Crippen LogP contribution in [0.1, 0.15) is 46.0 Å². The van der Waals surface area contributed by atoms with E-state index in [1.165, 1.54) is 30.6 Å². The highest BCUT2D eigenvalue weighted by atomic mass is 14.6. The monoisotopic (exact) mass is 178 g/mol. The fourth-order valence-electron chi connectivity index (χ4n) is 4.65. The maximum Gasteiger partial charge on any atom is -0.0349 e. The van der Waals surface area contributed by atoms with E-state index in [-0.39, 0.29) is 0 Å². The van der Waals surface area contributed by atoms with Crippen molar-refractivity contribution in [3.8, 4) is 0 Å². The van der Waals surface area contributed by atoms with E-state index in [2.05, 4.69) is 13.8 Å². The lowest BCUT2D eigenvalue weighted by Gasteiger charge is -2.63. The third-order valence-electron chi connectivity index (χ3n) is 5.57. The van der Waals surface area contributed by atoms with Gasteiger partial charge in [-0.1, -0.05) is 26.7 Å². The van der Waals surface area contributed by atoms with Crippen LogP contribution in [0.4, 0.5) is 0 Å². The highest BCUT2D eigenvalue weighted by Gasteiger charge is 2.56. The first-order chi connectivity index (χ1) is 6.31. The van der Waals surface area contributed by atoms with Crippen molar-refractivity contribution >= 4 is 0 Å². The van der Waals surface area contributed by atoms with Gasteiger partial charge in [-0.25, -0.2) is 0 Å². The first kappa shape index (κ1) is 8.32. The summed E-state index contributed by atoms with van der Waals surface area (Å²) in [5, 5.41) is 0. The molecule has 4 fully saturated rings. The van der Waals surface area contributed by atoms with Crippen LogP contribution in [0, 0.1) is 35.5 Å². The van der Waals surface area contributed by atoms with E-state index in [9.17, 15) is 0 Å². The van der Waals surface area contributed by atoms with E-state index in [0.717, 1.165) is 17.8 Å². The lowest BCUT2D eigenvalue weighted by Crippen LogP contribution is -2.56. The third kappa shape index (κ3) is 0.980. The van der Waals surface area contributed by atoms with Crippen LogP contribution in [0.5, 0.6) is 0 Å². The van der Waals surface area contributed by atoms with Gasteiger partial charge in [-0.2, -0.15) is 0 Å². The zero-order valence-corrected chi connectivity index (χ0v) is 9.00. The average Bonchev–Trinajstić information content (AvgIpc) is 2.08. The first-order valence-corrected chi connectivity index (χ1v) is 6.31. The largest absolute Gasteiger partial charge is 0.0651 e. The Bertz CT molecular complexity index is 208. The van der Waals surface area contributed by atoms with E-state index < -0.39 is 0 Å². The van der Waals surface area contributed by atoms with E-state index in [1.54, 1.807) is 19.3 Å². The van der Waals surface area contributed by atoms with Gasteiger partial charge in [-0.15, -0.1) is 0 Å². The molecule has 0 heterocycles. The van der Waals surface area contributed by atoms with Crippen LogP contribution in [0.15, 0.2) is 0 Å². The molecule has 0 aromatic carbocycles. The number of fused-ring (bicyclic) bond motifs is 3. The molecule has 6 unspecified atom stereocenters. The molecule has 0 amide bonds. The second-order valence-electron chi connectivity index (χ2n) is 5.85. The van der Waals surface area contributed by atoms with Crippen molar-refractivity contribution in [1.29, 1.82) is 0 Å². The van der Waals surface area contributed by atoms with Gasteiger partial charge < -0.3 is 0 Å². The van der Waals surface area contributed by atoms with Crippen LogP contribution in [0.25, 0.3) is 0 Å². The van der Waals surface area contributed by atoms with Gasteiger partial charge in [0.15, 0.2) is 0 Å². The summed E-state index contributed by atoms with van der Waals surface area (Å²) in [4.78, 5) is 0. The van der Waals surface area contributed by atoms with Crippen molar-refractivity contribution < 1.29 is 0 Å². The summed E-state index contributed by atoms with van der Waals surface area (Å²) in [5.41, 5.74) is 0. The maximum atomic E-state index is 2.51. The molecule has 4 rings (SSSR count).